The van der Waals surface area contributed by atoms with Crippen molar-refractivity contribution < 1.29 is 38.9 Å². The summed E-state index contributed by atoms with van der Waals surface area (Å²) in [6.07, 6.45) is 0. The van der Waals surface area contributed by atoms with Gasteiger partial charge in [-0.05, 0) is 24.3 Å². The Kier molecular flexibility index (Phi) is 8.73. The Labute approximate surface area is 154 Å². The van der Waals surface area contributed by atoms with Gasteiger partial charge in [-0.15, -0.1) is 0 Å². The third-order valence-corrected chi connectivity index (χ3v) is 4.40. The van der Waals surface area contributed by atoms with Gasteiger partial charge in [-0.1, -0.05) is 24.3 Å². The van der Waals surface area contributed by atoms with Crippen molar-refractivity contribution in [3.63, 3.8) is 0 Å². The van der Waals surface area contributed by atoms with Crippen molar-refractivity contribution in [1.29, 1.82) is 0 Å². The Morgan fingerprint density at radius 1 is 0.609 bits per heavy atom. The number of para-hydroxylation sites is 2. The summed E-state index contributed by atoms with van der Waals surface area (Å²) in [6.45, 7) is 0. The van der Waals surface area contributed by atoms with E-state index in [1.807, 2.05) is 0 Å². The normalized spacial score (nSPS) is 11.0. The molecule has 0 bridgehead atoms. The Bertz CT molecular complexity index is 676. The number of benzene rings is 2. The molecule has 2 aromatic rings. The van der Waals surface area contributed by atoms with Crippen LogP contribution in [-0.2, 0) is 9.13 Å². The first-order valence-electron chi connectivity index (χ1n) is 5.71. The molecule has 0 atom stereocenters. The first-order chi connectivity index (χ1) is 10.0. The van der Waals surface area contributed by atoms with Gasteiger partial charge in [0.2, 0.25) is 0 Å². The summed E-state index contributed by atoms with van der Waals surface area (Å²) in [7, 11) is -8.61. The van der Waals surface area contributed by atoms with Crippen LogP contribution in [0.3, 0.4) is 0 Å². The van der Waals surface area contributed by atoms with Crippen LogP contribution < -0.4 is 10.6 Å². The number of aromatic hydroxyl groups is 2. The van der Waals surface area contributed by atoms with E-state index in [0.717, 1.165) is 0 Å². The topological polar surface area (TPSA) is 156 Å². The average Bonchev–Trinajstić information content (AvgIpc) is 2.37. The Balaban J connectivity index is 0.000000403. The van der Waals surface area contributed by atoms with Crippen LogP contribution in [0.4, 0.5) is 0 Å². The van der Waals surface area contributed by atoms with Gasteiger partial charge in [0, 0.05) is 29.6 Å². The van der Waals surface area contributed by atoms with Gasteiger partial charge < -0.3 is 29.8 Å². The number of hydrogen-bond donors (Lipinski definition) is 6. The van der Waals surface area contributed by atoms with Crippen LogP contribution in [0.2, 0.25) is 0 Å². The molecule has 0 aliphatic heterocycles. The fourth-order valence-corrected chi connectivity index (χ4v) is 2.73. The molecule has 0 spiro atoms. The van der Waals surface area contributed by atoms with Crippen molar-refractivity contribution in [2.75, 3.05) is 0 Å². The minimum absolute atomic E-state index is 0. The maximum atomic E-state index is 10.6. The summed E-state index contributed by atoms with van der Waals surface area (Å²) in [6, 6.07) is 10.7. The van der Waals surface area contributed by atoms with Crippen LogP contribution in [0.5, 0.6) is 11.5 Å². The van der Waals surface area contributed by atoms with Crippen LogP contribution in [0.1, 0.15) is 0 Å². The van der Waals surface area contributed by atoms with E-state index in [2.05, 4.69) is 0 Å². The molecule has 8 nitrogen and oxygen atoms in total. The summed E-state index contributed by atoms with van der Waals surface area (Å²) in [5.41, 5.74) is 0. The zero-order valence-corrected chi connectivity index (χ0v) is 15.8. The van der Waals surface area contributed by atoms with Crippen LogP contribution in [-0.4, -0.2) is 59.3 Å². The Hall–Kier alpha value is -0.660. The number of phenols is 2. The van der Waals surface area contributed by atoms with E-state index in [9.17, 15) is 9.13 Å². The van der Waals surface area contributed by atoms with E-state index in [1.165, 1.54) is 48.5 Å². The van der Waals surface area contributed by atoms with Crippen molar-refractivity contribution in [2.24, 2.45) is 0 Å². The van der Waals surface area contributed by atoms with Crippen LogP contribution >= 0.6 is 15.2 Å². The fourth-order valence-electron chi connectivity index (χ4n) is 1.42. The minimum atomic E-state index is -4.31. The number of phenolic OH excluding ortho intramolecular Hbond substituents is 2. The van der Waals surface area contributed by atoms with Gasteiger partial charge in [0.15, 0.2) is 0 Å². The number of hydrogen-bond acceptors (Lipinski definition) is 4. The summed E-state index contributed by atoms with van der Waals surface area (Å²) < 4.78 is 21.2. The summed E-state index contributed by atoms with van der Waals surface area (Å²) >= 11 is 0. The molecule has 2 aromatic carbocycles. The van der Waals surface area contributed by atoms with E-state index in [4.69, 9.17) is 29.8 Å². The second-order valence-corrected chi connectivity index (χ2v) is 7.21. The van der Waals surface area contributed by atoms with Gasteiger partial charge in [-0.3, -0.25) is 9.13 Å². The van der Waals surface area contributed by atoms with Gasteiger partial charge >= 0.3 is 15.2 Å². The fraction of sp³-hybridized carbons (Fsp3) is 0. The molecule has 0 amide bonds. The van der Waals surface area contributed by atoms with Gasteiger partial charge in [0.1, 0.15) is 22.1 Å². The van der Waals surface area contributed by atoms with Crippen molar-refractivity contribution in [2.45, 2.75) is 0 Å². The van der Waals surface area contributed by atoms with E-state index in [0.29, 0.717) is 0 Å². The monoisotopic (exact) mass is 371 g/mol. The SMILES string of the molecule is O=P(O)(O)c1ccccc1O.O=P(O)(O)c1ccccc1O.[Na]. The molecule has 0 heterocycles. The first-order valence-corrected chi connectivity index (χ1v) is 8.94. The third-order valence-electron chi connectivity index (χ3n) is 2.39. The maximum Gasteiger partial charge on any atom is 0.359 e. The third kappa shape index (κ3) is 7.18. The zero-order valence-electron chi connectivity index (χ0n) is 12.0. The van der Waals surface area contributed by atoms with Crippen molar-refractivity contribution in [3.8, 4) is 11.5 Å². The summed E-state index contributed by atoms with van der Waals surface area (Å²) in [4.78, 5) is 34.5. The second-order valence-electron chi connectivity index (χ2n) is 4.07. The molecule has 23 heavy (non-hydrogen) atoms. The Morgan fingerprint density at radius 2 is 0.870 bits per heavy atom. The van der Waals surface area contributed by atoms with Gasteiger partial charge in [-0.2, -0.15) is 0 Å². The molecule has 6 N–H and O–H groups in total. The molecule has 0 saturated heterocycles. The van der Waals surface area contributed by atoms with Crippen LogP contribution in [0, 0.1) is 0 Å². The van der Waals surface area contributed by atoms with E-state index < -0.39 is 15.2 Å². The smallest absolute Gasteiger partial charge is 0.359 e. The largest absolute Gasteiger partial charge is 0.507 e. The van der Waals surface area contributed by atoms with Crippen molar-refractivity contribution in [1.82, 2.24) is 0 Å². The van der Waals surface area contributed by atoms with Gasteiger partial charge in [-0.25, -0.2) is 0 Å². The average molecular weight is 371 g/mol. The summed E-state index contributed by atoms with van der Waals surface area (Å²) in [5, 5.41) is 17.2. The molecule has 2 rings (SSSR count). The van der Waals surface area contributed by atoms with Crippen molar-refractivity contribution >= 4 is 55.4 Å². The van der Waals surface area contributed by atoms with Crippen LogP contribution in [0.15, 0.2) is 48.5 Å². The molecular formula is C12H14NaO8P2. The number of rotatable bonds is 2. The predicted molar refractivity (Wildman–Crippen MR) is 85.3 cm³/mol. The molecule has 11 heteroatoms. The molecule has 0 aliphatic rings. The molecule has 1 radical (unpaired) electrons. The predicted octanol–water partition coefficient (Wildman–Crippen LogP) is 0.00960. The molecule has 0 unspecified atom stereocenters. The zero-order chi connectivity index (χ0) is 17.0. The summed E-state index contributed by atoms with van der Waals surface area (Å²) in [5.74, 6) is -0.748. The molecule has 0 fully saturated rings. The molecule has 0 aromatic heterocycles. The molecule has 0 aliphatic carbocycles. The quantitative estimate of drug-likeness (QED) is 0.319. The van der Waals surface area contributed by atoms with Gasteiger partial charge in [0.25, 0.3) is 0 Å². The standard InChI is InChI=1S/2C6H7O4P.Na/c2*7-5-3-1-2-4-6(5)11(8,9)10;/h2*1-4,7H,(H2,8,9,10);. The first kappa shape index (κ1) is 22.3. The van der Waals surface area contributed by atoms with Gasteiger partial charge in [0.05, 0.1) is 0 Å². The Morgan fingerprint density at radius 3 is 1.04 bits per heavy atom. The van der Waals surface area contributed by atoms with E-state index in [-0.39, 0.29) is 51.7 Å². The second kappa shape index (κ2) is 8.99. The maximum absolute atomic E-state index is 10.6. The molecular weight excluding hydrogens is 357 g/mol. The molecule has 0 saturated carbocycles. The van der Waals surface area contributed by atoms with E-state index in [1.54, 1.807) is 0 Å². The molecule has 121 valence electrons. The minimum Gasteiger partial charge on any atom is -0.507 e. The van der Waals surface area contributed by atoms with E-state index >= 15 is 0 Å². The van der Waals surface area contributed by atoms with Crippen LogP contribution in [0.25, 0.3) is 0 Å². The van der Waals surface area contributed by atoms with Crippen molar-refractivity contribution in [3.05, 3.63) is 48.5 Å².